The lowest BCUT2D eigenvalue weighted by atomic mass is 10.2. The van der Waals surface area contributed by atoms with Crippen LogP contribution in [0, 0.1) is 6.92 Å². The van der Waals surface area contributed by atoms with E-state index in [0.29, 0.717) is 11.3 Å². The van der Waals surface area contributed by atoms with Gasteiger partial charge in [-0.15, -0.1) is 0 Å². The number of rotatable bonds is 5. The Labute approximate surface area is 104 Å². The van der Waals surface area contributed by atoms with Crippen molar-refractivity contribution in [2.24, 2.45) is 7.05 Å². The van der Waals surface area contributed by atoms with Crippen LogP contribution in [0.2, 0.25) is 0 Å². The molecule has 7 heteroatoms. The molecular weight excluding hydrogens is 238 g/mol. The summed E-state index contributed by atoms with van der Waals surface area (Å²) in [5.74, 6) is -1.13. The summed E-state index contributed by atoms with van der Waals surface area (Å²) >= 11 is 0. The molecule has 0 unspecified atom stereocenters. The van der Waals surface area contributed by atoms with Gasteiger partial charge in [0.2, 0.25) is 0 Å². The number of carbonyl (C=O) groups excluding carboxylic acids is 1. The zero-order chi connectivity index (χ0) is 13.7. The van der Waals surface area contributed by atoms with E-state index in [4.69, 9.17) is 9.84 Å². The summed E-state index contributed by atoms with van der Waals surface area (Å²) in [5.41, 5.74) is 1.07. The van der Waals surface area contributed by atoms with Crippen LogP contribution in [0.15, 0.2) is 12.7 Å². The maximum absolute atomic E-state index is 11.2. The van der Waals surface area contributed by atoms with Crippen molar-refractivity contribution in [1.29, 1.82) is 0 Å². The fourth-order valence-electron chi connectivity index (χ4n) is 1.38. The third-order valence-electron chi connectivity index (χ3n) is 2.40. The molecule has 0 aromatic carbocycles. The highest BCUT2D eigenvalue weighted by Crippen LogP contribution is 2.12. The van der Waals surface area contributed by atoms with Crippen LogP contribution in [0.4, 0.5) is 4.79 Å². The minimum absolute atomic E-state index is 0.0529. The maximum atomic E-state index is 11.2. The number of aromatic carboxylic acids is 1. The van der Waals surface area contributed by atoms with E-state index in [1.54, 1.807) is 14.0 Å². The van der Waals surface area contributed by atoms with Crippen molar-refractivity contribution in [3.63, 3.8) is 0 Å². The number of nitrogens with zero attached hydrogens (tertiary/aromatic N) is 2. The third-order valence-corrected chi connectivity index (χ3v) is 2.40. The maximum Gasteiger partial charge on any atom is 0.407 e. The van der Waals surface area contributed by atoms with E-state index in [1.807, 2.05) is 0 Å². The number of amides is 1. The minimum Gasteiger partial charge on any atom is -0.476 e. The van der Waals surface area contributed by atoms with E-state index >= 15 is 0 Å². The van der Waals surface area contributed by atoms with Crippen LogP contribution < -0.4 is 5.32 Å². The molecule has 7 nitrogen and oxygen atoms in total. The molecular formula is C11H15N3O4. The van der Waals surface area contributed by atoms with Gasteiger partial charge < -0.3 is 15.2 Å². The lowest BCUT2D eigenvalue weighted by molar-refractivity contribution is 0.0688. The summed E-state index contributed by atoms with van der Waals surface area (Å²) in [7, 11) is 1.64. The Kier molecular flexibility index (Phi) is 4.47. The second kappa shape index (κ2) is 5.85. The largest absolute Gasteiger partial charge is 0.476 e. The molecule has 0 saturated heterocycles. The second-order valence-electron chi connectivity index (χ2n) is 3.58. The molecule has 0 aliphatic carbocycles. The SMILES string of the molecule is C=CCOC(=O)NCc1c(C(=O)O)nn(C)c1C. The van der Waals surface area contributed by atoms with E-state index in [-0.39, 0.29) is 18.8 Å². The number of hydrogen-bond acceptors (Lipinski definition) is 4. The van der Waals surface area contributed by atoms with E-state index in [0.717, 1.165) is 0 Å². The van der Waals surface area contributed by atoms with Crippen molar-refractivity contribution in [2.45, 2.75) is 13.5 Å². The fourth-order valence-corrected chi connectivity index (χ4v) is 1.38. The van der Waals surface area contributed by atoms with Gasteiger partial charge in [-0.3, -0.25) is 4.68 Å². The standard InChI is InChI=1S/C11H15N3O4/c1-4-5-18-11(17)12-6-8-7(2)14(3)13-9(8)10(15)16/h4H,1,5-6H2,2-3H3,(H,12,17)(H,15,16). The van der Waals surface area contributed by atoms with E-state index < -0.39 is 12.1 Å². The van der Waals surface area contributed by atoms with E-state index in [2.05, 4.69) is 17.0 Å². The molecule has 1 aromatic heterocycles. The highest BCUT2D eigenvalue weighted by Gasteiger charge is 2.19. The Morgan fingerprint density at radius 2 is 2.28 bits per heavy atom. The molecule has 0 aliphatic heterocycles. The second-order valence-corrected chi connectivity index (χ2v) is 3.58. The lowest BCUT2D eigenvalue weighted by Gasteiger charge is -2.05. The van der Waals surface area contributed by atoms with Crippen LogP contribution in [-0.2, 0) is 18.3 Å². The molecule has 0 radical (unpaired) electrons. The number of nitrogens with one attached hydrogen (secondary N) is 1. The molecule has 2 N–H and O–H groups in total. The summed E-state index contributed by atoms with van der Waals surface area (Å²) in [6, 6.07) is 0. The van der Waals surface area contributed by atoms with Crippen molar-refractivity contribution in [1.82, 2.24) is 15.1 Å². The smallest absolute Gasteiger partial charge is 0.407 e. The van der Waals surface area contributed by atoms with Crippen molar-refractivity contribution >= 4 is 12.1 Å². The number of hydrogen-bond donors (Lipinski definition) is 2. The Bertz CT molecular complexity index is 479. The van der Waals surface area contributed by atoms with Gasteiger partial charge in [-0.1, -0.05) is 12.7 Å². The number of carboxylic acid groups (broad SMARTS) is 1. The number of carboxylic acids is 1. The van der Waals surface area contributed by atoms with Crippen molar-refractivity contribution in [3.05, 3.63) is 29.6 Å². The molecule has 98 valence electrons. The zero-order valence-electron chi connectivity index (χ0n) is 10.3. The lowest BCUT2D eigenvalue weighted by Crippen LogP contribution is -2.25. The third kappa shape index (κ3) is 3.09. The average molecular weight is 253 g/mol. The number of aromatic nitrogens is 2. The summed E-state index contributed by atoms with van der Waals surface area (Å²) in [5, 5.41) is 15.3. The minimum atomic E-state index is -1.13. The summed E-state index contributed by atoms with van der Waals surface area (Å²) < 4.78 is 6.17. The number of carbonyl (C=O) groups is 2. The van der Waals surface area contributed by atoms with Crippen LogP contribution in [0.1, 0.15) is 21.7 Å². The average Bonchev–Trinajstić information content (AvgIpc) is 2.61. The van der Waals surface area contributed by atoms with Crippen molar-refractivity contribution in [2.75, 3.05) is 6.61 Å². The van der Waals surface area contributed by atoms with Crippen LogP contribution in [0.3, 0.4) is 0 Å². The van der Waals surface area contributed by atoms with Gasteiger partial charge >= 0.3 is 12.1 Å². The predicted molar refractivity (Wildman–Crippen MR) is 63.3 cm³/mol. The van der Waals surface area contributed by atoms with Crippen molar-refractivity contribution in [3.8, 4) is 0 Å². The molecule has 0 aliphatic rings. The summed E-state index contributed by atoms with van der Waals surface area (Å²) in [4.78, 5) is 22.2. The normalized spacial score (nSPS) is 9.89. The zero-order valence-corrected chi connectivity index (χ0v) is 10.3. The molecule has 0 bridgehead atoms. The molecule has 1 aromatic rings. The molecule has 18 heavy (non-hydrogen) atoms. The Balaban J connectivity index is 2.75. The quantitative estimate of drug-likeness (QED) is 0.758. The van der Waals surface area contributed by atoms with E-state index in [9.17, 15) is 9.59 Å². The van der Waals surface area contributed by atoms with Gasteiger partial charge in [0.15, 0.2) is 5.69 Å². The van der Waals surface area contributed by atoms with Gasteiger partial charge in [-0.2, -0.15) is 5.10 Å². The first kappa shape index (κ1) is 13.8. The van der Waals surface area contributed by atoms with Crippen LogP contribution in [0.25, 0.3) is 0 Å². The summed E-state index contributed by atoms with van der Waals surface area (Å²) in [6.45, 7) is 5.29. The molecule has 0 fully saturated rings. The first-order valence-electron chi connectivity index (χ1n) is 5.24. The Hall–Kier alpha value is -2.31. The number of aryl methyl sites for hydroxylation is 1. The number of alkyl carbamates (subject to hydrolysis) is 1. The number of ether oxygens (including phenoxy) is 1. The van der Waals surface area contributed by atoms with Gasteiger partial charge in [0.05, 0.1) is 6.54 Å². The summed E-state index contributed by atoms with van der Waals surface area (Å²) in [6.07, 6.45) is 0.812. The van der Waals surface area contributed by atoms with Gasteiger partial charge in [0, 0.05) is 18.3 Å². The highest BCUT2D eigenvalue weighted by molar-refractivity contribution is 5.87. The molecule has 0 spiro atoms. The van der Waals surface area contributed by atoms with Gasteiger partial charge in [-0.05, 0) is 6.92 Å². The Morgan fingerprint density at radius 3 is 2.83 bits per heavy atom. The van der Waals surface area contributed by atoms with Gasteiger partial charge in [0.25, 0.3) is 0 Å². The van der Waals surface area contributed by atoms with Crippen LogP contribution in [0.5, 0.6) is 0 Å². The Morgan fingerprint density at radius 1 is 1.61 bits per heavy atom. The van der Waals surface area contributed by atoms with Crippen molar-refractivity contribution < 1.29 is 19.4 Å². The van der Waals surface area contributed by atoms with Crippen LogP contribution >= 0.6 is 0 Å². The molecule has 1 heterocycles. The van der Waals surface area contributed by atoms with E-state index in [1.165, 1.54) is 10.8 Å². The molecule has 1 amide bonds. The molecule has 1 rings (SSSR count). The van der Waals surface area contributed by atoms with Gasteiger partial charge in [0.1, 0.15) is 6.61 Å². The predicted octanol–water partition coefficient (Wildman–Crippen LogP) is 0.839. The molecule has 0 atom stereocenters. The van der Waals surface area contributed by atoms with Crippen LogP contribution in [-0.4, -0.2) is 33.6 Å². The fraction of sp³-hybridized carbons (Fsp3) is 0.364. The van der Waals surface area contributed by atoms with Gasteiger partial charge in [-0.25, -0.2) is 9.59 Å². The first-order chi connectivity index (χ1) is 8.47. The highest BCUT2D eigenvalue weighted by atomic mass is 16.5. The topological polar surface area (TPSA) is 93.4 Å². The monoisotopic (exact) mass is 253 g/mol. The first-order valence-corrected chi connectivity index (χ1v) is 5.24. The molecule has 0 saturated carbocycles.